The minimum absolute atomic E-state index is 0.0209. The van der Waals surface area contributed by atoms with Gasteiger partial charge in [-0.25, -0.2) is 0 Å². The molecule has 1 saturated carbocycles. The Morgan fingerprint density at radius 3 is 2.65 bits per heavy atom. The lowest BCUT2D eigenvalue weighted by molar-refractivity contribution is -0.122. The van der Waals surface area contributed by atoms with E-state index < -0.39 is 0 Å². The monoisotopic (exact) mass is 338 g/mol. The number of hydrogen-bond donors (Lipinski definition) is 1. The molecule has 2 amide bonds. The van der Waals surface area contributed by atoms with E-state index >= 15 is 0 Å². The van der Waals surface area contributed by atoms with Crippen LogP contribution in [0, 0.1) is 12.8 Å². The minimum Gasteiger partial charge on any atom is -0.354 e. The normalized spacial score (nSPS) is 13.9. The molecular weight excluding hydrogens is 320 g/mol. The summed E-state index contributed by atoms with van der Waals surface area (Å²) in [6.45, 7) is 4.51. The molecule has 0 saturated heterocycles. The first-order chi connectivity index (χ1) is 9.49. The summed E-state index contributed by atoms with van der Waals surface area (Å²) in [7, 11) is 0. The Bertz CT molecular complexity index is 527. The highest BCUT2D eigenvalue weighted by Gasteiger charge is 2.29. The van der Waals surface area contributed by atoms with Crippen LogP contribution < -0.4 is 10.2 Å². The van der Waals surface area contributed by atoms with Crippen LogP contribution in [-0.2, 0) is 9.59 Å². The van der Waals surface area contributed by atoms with E-state index in [-0.39, 0.29) is 17.7 Å². The summed E-state index contributed by atoms with van der Waals surface area (Å²) in [6, 6.07) is 5.80. The van der Waals surface area contributed by atoms with Crippen molar-refractivity contribution < 1.29 is 9.59 Å². The molecule has 0 atom stereocenters. The van der Waals surface area contributed by atoms with Crippen molar-refractivity contribution in [1.29, 1.82) is 0 Å². The number of halogens is 1. The van der Waals surface area contributed by atoms with E-state index in [0.717, 1.165) is 28.6 Å². The van der Waals surface area contributed by atoms with E-state index in [4.69, 9.17) is 0 Å². The van der Waals surface area contributed by atoms with Crippen LogP contribution in [0.5, 0.6) is 0 Å². The molecule has 0 radical (unpaired) electrons. The third-order valence-corrected chi connectivity index (χ3v) is 4.31. The Balaban J connectivity index is 1.97. The number of carbonyl (C=O) groups is 2. The Morgan fingerprint density at radius 2 is 2.10 bits per heavy atom. The lowest BCUT2D eigenvalue weighted by atomic mass is 10.2. The quantitative estimate of drug-likeness (QED) is 0.897. The molecule has 0 bridgehead atoms. The topological polar surface area (TPSA) is 49.4 Å². The van der Waals surface area contributed by atoms with E-state index in [2.05, 4.69) is 21.2 Å². The van der Waals surface area contributed by atoms with Crippen molar-refractivity contribution in [3.8, 4) is 0 Å². The second kappa shape index (κ2) is 6.39. The molecule has 0 aromatic heterocycles. The largest absolute Gasteiger partial charge is 0.354 e. The molecule has 108 valence electrons. The summed E-state index contributed by atoms with van der Waals surface area (Å²) in [5, 5.41) is 2.88. The second-order valence-electron chi connectivity index (χ2n) is 5.17. The van der Waals surface area contributed by atoms with Gasteiger partial charge in [0.15, 0.2) is 0 Å². The SMILES string of the molecule is CC(=O)N(CCNC(=O)C1CC1)c1ccc(Br)c(C)c1. The van der Waals surface area contributed by atoms with Gasteiger partial charge in [-0.3, -0.25) is 9.59 Å². The van der Waals surface area contributed by atoms with E-state index in [0.29, 0.717) is 13.1 Å². The number of rotatable bonds is 5. The van der Waals surface area contributed by atoms with Crippen LogP contribution in [0.2, 0.25) is 0 Å². The molecule has 1 fully saturated rings. The summed E-state index contributed by atoms with van der Waals surface area (Å²) in [6.07, 6.45) is 1.99. The van der Waals surface area contributed by atoms with Gasteiger partial charge in [0.05, 0.1) is 0 Å². The number of aryl methyl sites for hydroxylation is 1. The fourth-order valence-electron chi connectivity index (χ4n) is 2.05. The summed E-state index contributed by atoms with van der Waals surface area (Å²) in [4.78, 5) is 25.0. The Hall–Kier alpha value is -1.36. The van der Waals surface area contributed by atoms with Crippen molar-refractivity contribution in [3.05, 3.63) is 28.2 Å². The lowest BCUT2D eigenvalue weighted by Gasteiger charge is -2.22. The highest BCUT2D eigenvalue weighted by atomic mass is 79.9. The molecule has 1 aliphatic rings. The smallest absolute Gasteiger partial charge is 0.223 e. The lowest BCUT2D eigenvalue weighted by Crippen LogP contribution is -2.38. The van der Waals surface area contributed by atoms with Gasteiger partial charge in [0.1, 0.15) is 0 Å². The van der Waals surface area contributed by atoms with Crippen molar-refractivity contribution in [2.75, 3.05) is 18.0 Å². The zero-order valence-corrected chi connectivity index (χ0v) is 13.4. The van der Waals surface area contributed by atoms with Gasteiger partial charge in [0.25, 0.3) is 0 Å². The standard InChI is InChI=1S/C15H19BrN2O2/c1-10-9-13(5-6-14(10)16)18(11(2)19)8-7-17-15(20)12-3-4-12/h5-6,9,12H,3-4,7-8H2,1-2H3,(H,17,20). The summed E-state index contributed by atoms with van der Waals surface area (Å²) >= 11 is 3.45. The fourth-order valence-corrected chi connectivity index (χ4v) is 2.29. The number of carbonyl (C=O) groups excluding carboxylic acids is 2. The van der Waals surface area contributed by atoms with Crippen LogP contribution in [0.15, 0.2) is 22.7 Å². The first-order valence-electron chi connectivity index (χ1n) is 6.81. The van der Waals surface area contributed by atoms with Gasteiger partial charge in [-0.05, 0) is 43.5 Å². The van der Waals surface area contributed by atoms with Gasteiger partial charge in [-0.2, -0.15) is 0 Å². The van der Waals surface area contributed by atoms with Crippen molar-refractivity contribution >= 4 is 33.4 Å². The maximum atomic E-state index is 11.8. The zero-order chi connectivity index (χ0) is 14.7. The molecule has 1 N–H and O–H groups in total. The predicted octanol–water partition coefficient (Wildman–Crippen LogP) is 2.64. The summed E-state index contributed by atoms with van der Waals surface area (Å²) in [5.41, 5.74) is 1.94. The molecule has 20 heavy (non-hydrogen) atoms. The van der Waals surface area contributed by atoms with Crippen LogP contribution in [0.3, 0.4) is 0 Å². The molecule has 5 heteroatoms. The molecule has 4 nitrogen and oxygen atoms in total. The highest BCUT2D eigenvalue weighted by Crippen LogP contribution is 2.28. The number of amides is 2. The third-order valence-electron chi connectivity index (χ3n) is 3.42. The first-order valence-corrected chi connectivity index (χ1v) is 7.60. The molecular formula is C15H19BrN2O2. The van der Waals surface area contributed by atoms with Gasteiger partial charge in [0.2, 0.25) is 11.8 Å². The maximum Gasteiger partial charge on any atom is 0.223 e. The van der Waals surface area contributed by atoms with Crippen molar-refractivity contribution in [1.82, 2.24) is 5.32 Å². The Kier molecular flexibility index (Phi) is 4.81. The average Bonchev–Trinajstić information content (AvgIpc) is 3.22. The van der Waals surface area contributed by atoms with E-state index in [1.54, 1.807) is 11.8 Å². The number of nitrogens with zero attached hydrogens (tertiary/aromatic N) is 1. The van der Waals surface area contributed by atoms with Gasteiger partial charge in [-0.15, -0.1) is 0 Å². The van der Waals surface area contributed by atoms with E-state index in [1.807, 2.05) is 25.1 Å². The summed E-state index contributed by atoms with van der Waals surface area (Å²) in [5.74, 6) is 0.295. The van der Waals surface area contributed by atoms with Crippen LogP contribution in [0.25, 0.3) is 0 Å². The van der Waals surface area contributed by atoms with Crippen molar-refractivity contribution in [2.24, 2.45) is 5.92 Å². The molecule has 1 aromatic carbocycles. The van der Waals surface area contributed by atoms with Crippen molar-refractivity contribution in [3.63, 3.8) is 0 Å². The molecule has 2 rings (SSSR count). The molecule has 0 aliphatic heterocycles. The van der Waals surface area contributed by atoms with Crippen LogP contribution in [-0.4, -0.2) is 24.9 Å². The number of anilines is 1. The average molecular weight is 339 g/mol. The van der Waals surface area contributed by atoms with Crippen LogP contribution in [0.4, 0.5) is 5.69 Å². The molecule has 1 aromatic rings. The van der Waals surface area contributed by atoms with E-state index in [9.17, 15) is 9.59 Å². The third kappa shape index (κ3) is 3.82. The Morgan fingerprint density at radius 1 is 1.40 bits per heavy atom. The molecule has 0 unspecified atom stereocenters. The molecule has 0 heterocycles. The zero-order valence-electron chi connectivity index (χ0n) is 11.8. The second-order valence-corrected chi connectivity index (χ2v) is 6.02. The van der Waals surface area contributed by atoms with Crippen LogP contribution >= 0.6 is 15.9 Å². The molecule has 0 spiro atoms. The van der Waals surface area contributed by atoms with Gasteiger partial charge >= 0.3 is 0 Å². The van der Waals surface area contributed by atoms with Crippen LogP contribution in [0.1, 0.15) is 25.3 Å². The maximum absolute atomic E-state index is 11.8. The number of hydrogen-bond acceptors (Lipinski definition) is 2. The Labute approximate surface area is 127 Å². The van der Waals surface area contributed by atoms with Crippen molar-refractivity contribution in [2.45, 2.75) is 26.7 Å². The fraction of sp³-hybridized carbons (Fsp3) is 0.467. The van der Waals surface area contributed by atoms with Gasteiger partial charge in [-0.1, -0.05) is 15.9 Å². The summed E-state index contributed by atoms with van der Waals surface area (Å²) < 4.78 is 1.02. The molecule has 1 aliphatic carbocycles. The highest BCUT2D eigenvalue weighted by molar-refractivity contribution is 9.10. The van der Waals surface area contributed by atoms with Gasteiger partial charge < -0.3 is 10.2 Å². The predicted molar refractivity (Wildman–Crippen MR) is 82.6 cm³/mol. The van der Waals surface area contributed by atoms with Gasteiger partial charge in [0, 0.05) is 36.1 Å². The first kappa shape index (κ1) is 15.0. The number of nitrogens with one attached hydrogen (secondary N) is 1. The minimum atomic E-state index is -0.0209. The van der Waals surface area contributed by atoms with E-state index in [1.165, 1.54) is 0 Å². The number of benzene rings is 1.